The predicted octanol–water partition coefficient (Wildman–Crippen LogP) is 3.03. The van der Waals surface area contributed by atoms with Crippen LogP contribution in [0.3, 0.4) is 0 Å². The standard InChI is InChI=1S/C16H18N2O2S/c1-4-13-11-18(16(10-17)15(13)5-2)21(19,20)14-8-6-12(3)7-9-14/h6-9,11H,4-5H2,1-3H3. The molecule has 0 N–H and O–H groups in total. The summed E-state index contributed by atoms with van der Waals surface area (Å²) in [5.74, 6) is 0. The molecule has 21 heavy (non-hydrogen) atoms. The van der Waals surface area contributed by atoms with Crippen LogP contribution >= 0.6 is 0 Å². The van der Waals surface area contributed by atoms with Gasteiger partial charge in [0.05, 0.1) is 4.90 Å². The summed E-state index contributed by atoms with van der Waals surface area (Å²) in [6.07, 6.45) is 2.92. The molecule has 4 nitrogen and oxygen atoms in total. The fourth-order valence-electron chi connectivity index (χ4n) is 2.40. The van der Waals surface area contributed by atoms with Crippen molar-refractivity contribution in [3.05, 3.63) is 52.8 Å². The Morgan fingerprint density at radius 2 is 1.76 bits per heavy atom. The molecule has 110 valence electrons. The van der Waals surface area contributed by atoms with Crippen LogP contribution < -0.4 is 0 Å². The Labute approximate surface area is 125 Å². The molecule has 0 spiro atoms. The molecule has 0 saturated heterocycles. The molecule has 5 heteroatoms. The molecule has 0 saturated carbocycles. The van der Waals surface area contributed by atoms with Gasteiger partial charge in [0.1, 0.15) is 11.8 Å². The zero-order valence-corrected chi connectivity index (χ0v) is 13.2. The highest BCUT2D eigenvalue weighted by molar-refractivity contribution is 7.90. The number of nitriles is 1. The van der Waals surface area contributed by atoms with E-state index in [2.05, 4.69) is 0 Å². The Balaban J connectivity index is 2.68. The summed E-state index contributed by atoms with van der Waals surface area (Å²) < 4.78 is 26.6. The zero-order valence-electron chi connectivity index (χ0n) is 12.4. The molecular formula is C16H18N2O2S. The van der Waals surface area contributed by atoms with E-state index in [9.17, 15) is 13.7 Å². The van der Waals surface area contributed by atoms with Crippen molar-refractivity contribution in [3.63, 3.8) is 0 Å². The average Bonchev–Trinajstić information content (AvgIpc) is 2.85. The SMILES string of the molecule is CCc1cn(S(=O)(=O)c2ccc(C)cc2)c(C#N)c1CC. The van der Waals surface area contributed by atoms with Crippen LogP contribution in [0.15, 0.2) is 35.4 Å². The average molecular weight is 302 g/mol. The minimum Gasteiger partial charge on any atom is -0.231 e. The maximum absolute atomic E-state index is 12.7. The normalized spacial score (nSPS) is 11.3. The lowest BCUT2D eigenvalue weighted by molar-refractivity contribution is 0.587. The van der Waals surface area contributed by atoms with Crippen molar-refractivity contribution in [2.24, 2.45) is 0 Å². The van der Waals surface area contributed by atoms with Crippen molar-refractivity contribution >= 4 is 10.0 Å². The third-order valence-corrected chi connectivity index (χ3v) is 5.26. The first kappa shape index (κ1) is 15.3. The van der Waals surface area contributed by atoms with E-state index in [0.717, 1.165) is 20.7 Å². The van der Waals surface area contributed by atoms with Crippen LogP contribution in [0.1, 0.15) is 36.2 Å². The number of benzene rings is 1. The Kier molecular flexibility index (Phi) is 4.19. The van der Waals surface area contributed by atoms with Crippen molar-refractivity contribution in [1.29, 1.82) is 5.26 Å². The molecule has 0 aliphatic heterocycles. The quantitative estimate of drug-likeness (QED) is 0.872. The summed E-state index contributed by atoms with van der Waals surface area (Å²) in [7, 11) is -3.73. The number of rotatable bonds is 4. The third-order valence-electron chi connectivity index (χ3n) is 3.59. The summed E-state index contributed by atoms with van der Waals surface area (Å²) in [5.41, 5.74) is 2.93. The maximum Gasteiger partial charge on any atom is 0.268 e. The van der Waals surface area contributed by atoms with Gasteiger partial charge in [0.2, 0.25) is 0 Å². The van der Waals surface area contributed by atoms with Gasteiger partial charge in [-0.1, -0.05) is 31.5 Å². The van der Waals surface area contributed by atoms with Gasteiger partial charge in [-0.25, -0.2) is 12.4 Å². The van der Waals surface area contributed by atoms with E-state index < -0.39 is 10.0 Å². The van der Waals surface area contributed by atoms with Crippen molar-refractivity contribution in [2.75, 3.05) is 0 Å². The lowest BCUT2D eigenvalue weighted by Crippen LogP contribution is -2.14. The van der Waals surface area contributed by atoms with Crippen LogP contribution in [0.4, 0.5) is 0 Å². The van der Waals surface area contributed by atoms with Crippen molar-refractivity contribution in [3.8, 4) is 6.07 Å². The molecule has 0 unspecified atom stereocenters. The van der Waals surface area contributed by atoms with Gasteiger partial charge in [-0.3, -0.25) is 0 Å². The molecule has 0 amide bonds. The van der Waals surface area contributed by atoms with Crippen LogP contribution in [0.2, 0.25) is 0 Å². The lowest BCUT2D eigenvalue weighted by atomic mass is 10.1. The van der Waals surface area contributed by atoms with Crippen LogP contribution in [0.5, 0.6) is 0 Å². The van der Waals surface area contributed by atoms with E-state index >= 15 is 0 Å². The van der Waals surface area contributed by atoms with Gasteiger partial charge in [-0.2, -0.15) is 5.26 Å². The first-order chi connectivity index (χ1) is 9.95. The molecule has 0 aliphatic carbocycles. The third kappa shape index (κ3) is 2.59. The number of hydrogen-bond donors (Lipinski definition) is 0. The molecular weight excluding hydrogens is 284 g/mol. The molecule has 2 rings (SSSR count). The van der Waals surface area contributed by atoms with E-state index in [4.69, 9.17) is 0 Å². The fourth-order valence-corrected chi connectivity index (χ4v) is 3.76. The highest BCUT2D eigenvalue weighted by Gasteiger charge is 2.23. The zero-order chi connectivity index (χ0) is 15.6. The van der Waals surface area contributed by atoms with E-state index in [1.165, 1.54) is 0 Å². The Morgan fingerprint density at radius 1 is 1.14 bits per heavy atom. The smallest absolute Gasteiger partial charge is 0.231 e. The van der Waals surface area contributed by atoms with Crippen molar-refractivity contribution in [2.45, 2.75) is 38.5 Å². The highest BCUT2D eigenvalue weighted by atomic mass is 32.2. The Hall–Kier alpha value is -2.06. The molecule has 1 aromatic carbocycles. The van der Waals surface area contributed by atoms with Crippen LogP contribution in [0, 0.1) is 18.3 Å². The number of hydrogen-bond acceptors (Lipinski definition) is 3. The van der Waals surface area contributed by atoms with Crippen LogP contribution in [-0.4, -0.2) is 12.4 Å². The Bertz CT molecular complexity index is 794. The molecule has 0 atom stereocenters. The minimum absolute atomic E-state index is 0.199. The molecule has 1 aromatic heterocycles. The van der Waals surface area contributed by atoms with Crippen LogP contribution in [-0.2, 0) is 22.9 Å². The van der Waals surface area contributed by atoms with Gasteiger partial charge in [0.15, 0.2) is 0 Å². The molecule has 1 heterocycles. The van der Waals surface area contributed by atoms with Crippen molar-refractivity contribution < 1.29 is 8.42 Å². The second-order valence-electron chi connectivity index (χ2n) is 4.91. The molecule has 0 radical (unpaired) electrons. The van der Waals surface area contributed by atoms with Gasteiger partial charge in [0.25, 0.3) is 10.0 Å². The number of aromatic nitrogens is 1. The monoisotopic (exact) mass is 302 g/mol. The fraction of sp³-hybridized carbons (Fsp3) is 0.312. The van der Waals surface area contributed by atoms with Gasteiger partial charge in [-0.15, -0.1) is 0 Å². The second kappa shape index (κ2) is 5.74. The maximum atomic E-state index is 12.7. The van der Waals surface area contributed by atoms with E-state index in [1.807, 2.05) is 26.8 Å². The van der Waals surface area contributed by atoms with Gasteiger partial charge < -0.3 is 0 Å². The number of nitrogens with zero attached hydrogens (tertiary/aromatic N) is 2. The summed E-state index contributed by atoms with van der Waals surface area (Å²) in [4.78, 5) is 0.199. The largest absolute Gasteiger partial charge is 0.268 e. The minimum atomic E-state index is -3.73. The van der Waals surface area contributed by atoms with E-state index in [-0.39, 0.29) is 10.6 Å². The van der Waals surface area contributed by atoms with Crippen LogP contribution in [0.25, 0.3) is 0 Å². The molecule has 2 aromatic rings. The molecule has 0 fully saturated rings. The van der Waals surface area contributed by atoms with E-state index in [1.54, 1.807) is 30.5 Å². The predicted molar refractivity (Wildman–Crippen MR) is 81.7 cm³/mol. The summed E-state index contributed by atoms with van der Waals surface area (Å²) in [5, 5.41) is 9.36. The second-order valence-corrected chi connectivity index (χ2v) is 6.73. The van der Waals surface area contributed by atoms with Crippen molar-refractivity contribution in [1.82, 2.24) is 3.97 Å². The van der Waals surface area contributed by atoms with Gasteiger partial charge in [0, 0.05) is 6.20 Å². The molecule has 0 bridgehead atoms. The lowest BCUT2D eigenvalue weighted by Gasteiger charge is -2.07. The van der Waals surface area contributed by atoms with Gasteiger partial charge >= 0.3 is 0 Å². The summed E-state index contributed by atoms with van der Waals surface area (Å²) in [6.45, 7) is 5.79. The Morgan fingerprint density at radius 3 is 2.24 bits per heavy atom. The highest BCUT2D eigenvalue weighted by Crippen LogP contribution is 2.24. The topological polar surface area (TPSA) is 62.9 Å². The summed E-state index contributed by atoms with van der Waals surface area (Å²) >= 11 is 0. The first-order valence-corrected chi connectivity index (χ1v) is 8.35. The first-order valence-electron chi connectivity index (χ1n) is 6.91. The summed E-state index contributed by atoms with van der Waals surface area (Å²) in [6, 6.07) is 8.69. The molecule has 0 aliphatic rings. The van der Waals surface area contributed by atoms with E-state index in [0.29, 0.717) is 12.8 Å². The van der Waals surface area contributed by atoms with Gasteiger partial charge in [-0.05, 0) is 43.0 Å². The number of aryl methyl sites for hydroxylation is 2.